The summed E-state index contributed by atoms with van der Waals surface area (Å²) in [6.07, 6.45) is -0.558. The zero-order chi connectivity index (χ0) is 23.0. The fourth-order valence-corrected chi connectivity index (χ4v) is 7.64. The molecular formula is C21H29N3O5S2. The molecule has 8 nitrogen and oxygen atoms in total. The Balaban J connectivity index is 1.74. The van der Waals surface area contributed by atoms with Crippen molar-refractivity contribution in [2.75, 3.05) is 23.0 Å². The molecule has 1 aromatic carbocycles. The number of anilines is 1. The molecule has 2 heterocycles. The third kappa shape index (κ3) is 6.22. The zero-order valence-electron chi connectivity index (χ0n) is 18.5. The number of fused-ring (bicyclic) bond motifs is 1. The number of rotatable bonds is 4. The van der Waals surface area contributed by atoms with Gasteiger partial charge in [0.15, 0.2) is 15.0 Å². The molecule has 2 unspecified atom stereocenters. The third-order valence-corrected chi connectivity index (χ3v) is 7.99. The van der Waals surface area contributed by atoms with Crippen LogP contribution in [0, 0.1) is 13.8 Å². The third-order valence-electron chi connectivity index (χ3n) is 4.78. The highest BCUT2D eigenvalue weighted by Gasteiger charge is 2.49. The van der Waals surface area contributed by atoms with Crippen molar-refractivity contribution in [2.24, 2.45) is 4.99 Å². The zero-order valence-corrected chi connectivity index (χ0v) is 20.1. The van der Waals surface area contributed by atoms with E-state index >= 15 is 0 Å². The summed E-state index contributed by atoms with van der Waals surface area (Å²) in [4.78, 5) is 30.4. The lowest BCUT2D eigenvalue weighted by molar-refractivity contribution is -0.117. The summed E-state index contributed by atoms with van der Waals surface area (Å²) in [5.41, 5.74) is 2.33. The van der Waals surface area contributed by atoms with Crippen LogP contribution >= 0.6 is 11.8 Å². The van der Waals surface area contributed by atoms with E-state index in [-0.39, 0.29) is 41.7 Å². The quantitative estimate of drug-likeness (QED) is 0.726. The standard InChI is InChI=1S/C21H29N3O5S2/c1-13-8-14(2)10-15(9-13)24-16-11-31(27,28)12-17(16)30-19(24)23-18(25)6-7-22-20(26)29-21(3,4)5/h8-10,16-17H,6-7,11-12H2,1-5H3,(H,22,26). The number of alkyl carbamates (subject to hydrolysis) is 1. The highest BCUT2D eigenvalue weighted by atomic mass is 32.2. The summed E-state index contributed by atoms with van der Waals surface area (Å²) in [6, 6.07) is 5.75. The lowest BCUT2D eigenvalue weighted by Crippen LogP contribution is -2.38. The summed E-state index contributed by atoms with van der Waals surface area (Å²) < 4.78 is 29.5. The first-order valence-electron chi connectivity index (χ1n) is 10.2. The molecule has 1 N–H and O–H groups in total. The smallest absolute Gasteiger partial charge is 0.407 e. The molecule has 0 radical (unpaired) electrons. The maximum Gasteiger partial charge on any atom is 0.407 e. The van der Waals surface area contributed by atoms with Gasteiger partial charge in [-0.15, -0.1) is 0 Å². The molecule has 2 aliphatic heterocycles. The average molecular weight is 468 g/mol. The van der Waals surface area contributed by atoms with Gasteiger partial charge >= 0.3 is 6.09 Å². The molecule has 10 heteroatoms. The number of carbonyl (C=O) groups is 2. The van der Waals surface area contributed by atoms with E-state index in [0.29, 0.717) is 5.17 Å². The second-order valence-electron chi connectivity index (χ2n) is 8.98. The molecule has 0 spiro atoms. The molecule has 0 saturated carbocycles. The number of hydrogen-bond acceptors (Lipinski definition) is 6. The lowest BCUT2D eigenvalue weighted by atomic mass is 10.1. The number of nitrogens with zero attached hydrogens (tertiary/aromatic N) is 2. The monoisotopic (exact) mass is 467 g/mol. The minimum absolute atomic E-state index is 0.0254. The van der Waals surface area contributed by atoms with E-state index in [9.17, 15) is 18.0 Å². The van der Waals surface area contributed by atoms with Gasteiger partial charge in [-0.05, 0) is 57.9 Å². The highest BCUT2D eigenvalue weighted by Crippen LogP contribution is 2.41. The molecule has 1 aromatic rings. The number of amides is 2. The SMILES string of the molecule is Cc1cc(C)cc(N2C(=NC(=O)CCNC(=O)OC(C)(C)C)SC3CS(=O)(=O)CC32)c1. The van der Waals surface area contributed by atoms with Crippen molar-refractivity contribution >= 4 is 44.5 Å². The molecule has 2 aliphatic rings. The van der Waals surface area contributed by atoms with Crippen LogP contribution in [0.2, 0.25) is 0 Å². The van der Waals surface area contributed by atoms with Crippen molar-refractivity contribution in [3.63, 3.8) is 0 Å². The number of amidine groups is 1. The van der Waals surface area contributed by atoms with E-state index in [1.165, 1.54) is 11.8 Å². The van der Waals surface area contributed by atoms with Gasteiger partial charge in [0.25, 0.3) is 0 Å². The molecular weight excluding hydrogens is 438 g/mol. The molecule has 2 amide bonds. The van der Waals surface area contributed by atoms with Gasteiger partial charge in [0.05, 0.1) is 17.5 Å². The van der Waals surface area contributed by atoms with Gasteiger partial charge in [-0.1, -0.05) is 17.8 Å². The Hall–Kier alpha value is -2.07. The van der Waals surface area contributed by atoms with Crippen molar-refractivity contribution in [1.82, 2.24) is 5.32 Å². The van der Waals surface area contributed by atoms with Crippen molar-refractivity contribution in [3.05, 3.63) is 29.3 Å². The number of nitrogens with one attached hydrogen (secondary N) is 1. The number of carbonyl (C=O) groups excluding carboxylic acids is 2. The Bertz CT molecular complexity index is 994. The number of benzene rings is 1. The summed E-state index contributed by atoms with van der Waals surface area (Å²) in [6.45, 7) is 9.36. The summed E-state index contributed by atoms with van der Waals surface area (Å²) in [5, 5.41) is 2.91. The van der Waals surface area contributed by atoms with Gasteiger partial charge in [-0.2, -0.15) is 4.99 Å². The first kappa shape index (κ1) is 23.6. The van der Waals surface area contributed by atoms with Crippen LogP contribution < -0.4 is 10.2 Å². The lowest BCUT2D eigenvalue weighted by Gasteiger charge is -2.25. The normalized spacial score (nSPS) is 23.6. The van der Waals surface area contributed by atoms with Crippen LogP contribution in [0.15, 0.2) is 23.2 Å². The molecule has 0 bridgehead atoms. The number of aryl methyl sites for hydroxylation is 2. The largest absolute Gasteiger partial charge is 0.444 e. The van der Waals surface area contributed by atoms with Crippen molar-refractivity contribution in [1.29, 1.82) is 0 Å². The predicted octanol–water partition coefficient (Wildman–Crippen LogP) is 2.82. The van der Waals surface area contributed by atoms with Crippen LogP contribution in [0.1, 0.15) is 38.3 Å². The molecule has 31 heavy (non-hydrogen) atoms. The number of aliphatic imine (C=N–C) groups is 1. The Labute approximate surface area is 187 Å². The van der Waals surface area contributed by atoms with Gasteiger partial charge in [-0.3, -0.25) is 4.79 Å². The van der Waals surface area contributed by atoms with Crippen LogP contribution in [0.3, 0.4) is 0 Å². The Morgan fingerprint density at radius 1 is 1.19 bits per heavy atom. The minimum Gasteiger partial charge on any atom is -0.444 e. The van der Waals surface area contributed by atoms with E-state index in [1.54, 1.807) is 20.8 Å². The number of ether oxygens (including phenoxy) is 1. The van der Waals surface area contributed by atoms with Gasteiger partial charge in [0.2, 0.25) is 5.91 Å². The van der Waals surface area contributed by atoms with E-state index in [4.69, 9.17) is 4.74 Å². The maximum atomic E-state index is 12.5. The maximum absolute atomic E-state index is 12.5. The Morgan fingerprint density at radius 2 is 1.84 bits per heavy atom. The van der Waals surface area contributed by atoms with Crippen LogP contribution in [0.5, 0.6) is 0 Å². The summed E-state index contributed by atoms with van der Waals surface area (Å²) in [5.74, 6) is -0.252. The number of sulfone groups is 1. The number of hydrogen-bond donors (Lipinski definition) is 1. The van der Waals surface area contributed by atoms with Gasteiger partial charge in [-0.25, -0.2) is 13.2 Å². The minimum atomic E-state index is -3.12. The first-order valence-corrected chi connectivity index (χ1v) is 12.9. The van der Waals surface area contributed by atoms with Crippen molar-refractivity contribution < 1.29 is 22.7 Å². The van der Waals surface area contributed by atoms with Crippen LogP contribution in [0.4, 0.5) is 10.5 Å². The fourth-order valence-electron chi connectivity index (χ4n) is 3.70. The molecule has 0 aromatic heterocycles. The fraction of sp³-hybridized carbons (Fsp3) is 0.571. The van der Waals surface area contributed by atoms with Gasteiger partial charge in [0, 0.05) is 23.9 Å². The topological polar surface area (TPSA) is 105 Å². The van der Waals surface area contributed by atoms with Crippen molar-refractivity contribution in [2.45, 2.75) is 57.9 Å². The first-order chi connectivity index (χ1) is 14.3. The van der Waals surface area contributed by atoms with Gasteiger partial charge in [0.1, 0.15) is 5.60 Å². The molecule has 0 aliphatic carbocycles. The molecule has 170 valence electrons. The van der Waals surface area contributed by atoms with E-state index in [2.05, 4.69) is 10.3 Å². The number of thioether (sulfide) groups is 1. The molecule has 2 atom stereocenters. The van der Waals surface area contributed by atoms with E-state index in [0.717, 1.165) is 16.8 Å². The van der Waals surface area contributed by atoms with Crippen LogP contribution in [-0.4, -0.2) is 60.5 Å². The molecule has 3 rings (SSSR count). The van der Waals surface area contributed by atoms with Crippen molar-refractivity contribution in [3.8, 4) is 0 Å². The molecule has 2 saturated heterocycles. The Morgan fingerprint density at radius 3 is 2.45 bits per heavy atom. The average Bonchev–Trinajstić information content (AvgIpc) is 3.02. The summed E-state index contributed by atoms with van der Waals surface area (Å²) >= 11 is 1.34. The Kier molecular flexibility index (Phi) is 6.71. The van der Waals surface area contributed by atoms with E-state index < -0.39 is 21.5 Å². The predicted molar refractivity (Wildman–Crippen MR) is 124 cm³/mol. The van der Waals surface area contributed by atoms with Crippen LogP contribution in [-0.2, 0) is 19.4 Å². The molecule has 2 fully saturated rings. The second-order valence-corrected chi connectivity index (χ2v) is 12.3. The van der Waals surface area contributed by atoms with E-state index in [1.807, 2.05) is 36.9 Å². The summed E-state index contributed by atoms with van der Waals surface area (Å²) in [7, 11) is -3.12. The van der Waals surface area contributed by atoms with Gasteiger partial charge < -0.3 is 15.0 Å². The van der Waals surface area contributed by atoms with Crippen LogP contribution in [0.25, 0.3) is 0 Å². The highest BCUT2D eigenvalue weighted by molar-refractivity contribution is 8.16. The second kappa shape index (κ2) is 8.82.